The Kier molecular flexibility index (Phi) is 5.64. The maximum atomic E-state index is 12.7. The molecule has 2 aromatic carbocycles. The second-order valence-electron chi connectivity index (χ2n) is 8.38. The Hall–Kier alpha value is -2.18. The summed E-state index contributed by atoms with van der Waals surface area (Å²) in [7, 11) is -3.55. The Bertz CT molecular complexity index is 926. The first-order chi connectivity index (χ1) is 13.2. The van der Waals surface area contributed by atoms with Crippen molar-refractivity contribution in [3.63, 3.8) is 0 Å². The summed E-state index contributed by atoms with van der Waals surface area (Å²) < 4.78 is 26.9. The number of hydrogen-bond donors (Lipinski definition) is 2. The molecule has 28 heavy (non-hydrogen) atoms. The van der Waals surface area contributed by atoms with E-state index in [4.69, 9.17) is 0 Å². The number of benzene rings is 2. The molecule has 6 heteroatoms. The molecule has 3 rings (SSSR count). The smallest absolute Gasteiger partial charge is 0.240 e. The molecular formula is C22H28N2O3S. The summed E-state index contributed by atoms with van der Waals surface area (Å²) in [6.07, 6.45) is 1.65. The van der Waals surface area contributed by atoms with Crippen LogP contribution in [0.15, 0.2) is 59.5 Å². The highest BCUT2D eigenvalue weighted by Crippen LogP contribution is 2.48. The van der Waals surface area contributed by atoms with Gasteiger partial charge in [0.2, 0.25) is 15.9 Å². The molecule has 0 radical (unpaired) electrons. The van der Waals surface area contributed by atoms with E-state index in [1.165, 1.54) is 5.56 Å². The summed E-state index contributed by atoms with van der Waals surface area (Å²) in [4.78, 5) is 12.9. The molecule has 2 aromatic rings. The number of carbonyl (C=O) groups excluding carboxylic acids is 1. The molecule has 0 aromatic heterocycles. The molecule has 0 saturated heterocycles. The SMILES string of the molecule is CC(C)(C)c1ccc(C2(C(=O)NCCNS(=O)(=O)c3ccccc3)CC2)cc1. The molecule has 0 unspecified atom stereocenters. The Morgan fingerprint density at radius 2 is 1.57 bits per heavy atom. The normalized spacial score (nSPS) is 15.8. The molecule has 0 heterocycles. The van der Waals surface area contributed by atoms with Crippen LogP contribution in [0.2, 0.25) is 0 Å². The Balaban J connectivity index is 1.55. The summed E-state index contributed by atoms with van der Waals surface area (Å²) in [5.41, 5.74) is 1.88. The predicted molar refractivity (Wildman–Crippen MR) is 111 cm³/mol. The first kappa shape index (κ1) is 20.6. The van der Waals surface area contributed by atoms with Crippen LogP contribution < -0.4 is 10.0 Å². The standard InChI is InChI=1S/C22H28N2O3S/c1-21(2,3)17-9-11-18(12-10-17)22(13-14-22)20(25)23-15-16-24-28(26,27)19-7-5-4-6-8-19/h4-12,24H,13-16H2,1-3H3,(H,23,25). The van der Waals surface area contributed by atoms with Gasteiger partial charge in [-0.15, -0.1) is 0 Å². The molecule has 150 valence electrons. The van der Waals surface area contributed by atoms with Gasteiger partial charge in [-0.1, -0.05) is 63.2 Å². The highest BCUT2D eigenvalue weighted by atomic mass is 32.2. The van der Waals surface area contributed by atoms with Crippen LogP contribution in [0.25, 0.3) is 0 Å². The van der Waals surface area contributed by atoms with Crippen molar-refractivity contribution in [3.8, 4) is 0 Å². The third kappa shape index (κ3) is 4.45. The van der Waals surface area contributed by atoms with Crippen molar-refractivity contribution in [1.29, 1.82) is 0 Å². The number of rotatable bonds is 7. The quantitative estimate of drug-likeness (QED) is 0.701. The molecule has 1 aliphatic carbocycles. The van der Waals surface area contributed by atoms with Crippen LogP contribution in [0.5, 0.6) is 0 Å². The van der Waals surface area contributed by atoms with Crippen molar-refractivity contribution in [1.82, 2.24) is 10.0 Å². The largest absolute Gasteiger partial charge is 0.354 e. The van der Waals surface area contributed by atoms with Gasteiger partial charge in [-0.2, -0.15) is 0 Å². The number of carbonyl (C=O) groups is 1. The van der Waals surface area contributed by atoms with Gasteiger partial charge in [0.1, 0.15) is 0 Å². The average molecular weight is 401 g/mol. The molecule has 1 fully saturated rings. The minimum absolute atomic E-state index is 0.0325. The van der Waals surface area contributed by atoms with E-state index in [1.807, 2.05) is 12.1 Å². The zero-order valence-electron chi connectivity index (χ0n) is 16.7. The van der Waals surface area contributed by atoms with Gasteiger partial charge < -0.3 is 5.32 Å². The lowest BCUT2D eigenvalue weighted by Crippen LogP contribution is -2.39. The van der Waals surface area contributed by atoms with Crippen LogP contribution in [-0.4, -0.2) is 27.4 Å². The summed E-state index contributed by atoms with van der Waals surface area (Å²) in [5.74, 6) is -0.0325. The summed E-state index contributed by atoms with van der Waals surface area (Å²) >= 11 is 0. The maximum Gasteiger partial charge on any atom is 0.240 e. The first-order valence-electron chi connectivity index (χ1n) is 9.59. The van der Waals surface area contributed by atoms with Gasteiger partial charge in [0, 0.05) is 13.1 Å². The number of nitrogens with one attached hydrogen (secondary N) is 2. The zero-order chi connectivity index (χ0) is 20.4. The van der Waals surface area contributed by atoms with E-state index >= 15 is 0 Å². The van der Waals surface area contributed by atoms with Gasteiger partial charge in [-0.25, -0.2) is 13.1 Å². The van der Waals surface area contributed by atoms with E-state index in [9.17, 15) is 13.2 Å². The molecule has 0 aliphatic heterocycles. The van der Waals surface area contributed by atoms with Gasteiger partial charge >= 0.3 is 0 Å². The predicted octanol–water partition coefficient (Wildman–Crippen LogP) is 3.11. The highest BCUT2D eigenvalue weighted by Gasteiger charge is 2.51. The lowest BCUT2D eigenvalue weighted by molar-refractivity contribution is -0.123. The van der Waals surface area contributed by atoms with Gasteiger partial charge in [-0.05, 0) is 41.5 Å². The number of amides is 1. The van der Waals surface area contributed by atoms with E-state index in [0.717, 1.165) is 18.4 Å². The minimum atomic E-state index is -3.55. The van der Waals surface area contributed by atoms with Crippen molar-refractivity contribution in [2.24, 2.45) is 0 Å². The van der Waals surface area contributed by atoms with Gasteiger partial charge in [0.25, 0.3) is 0 Å². The van der Waals surface area contributed by atoms with Crippen molar-refractivity contribution in [2.45, 2.75) is 49.3 Å². The summed E-state index contributed by atoms with van der Waals surface area (Å²) in [6, 6.07) is 16.5. The average Bonchev–Trinajstić information content (AvgIpc) is 3.47. The van der Waals surface area contributed by atoms with Gasteiger partial charge in [-0.3, -0.25) is 4.79 Å². The molecule has 5 nitrogen and oxygen atoms in total. The third-order valence-electron chi connectivity index (χ3n) is 5.24. The zero-order valence-corrected chi connectivity index (χ0v) is 17.5. The number of sulfonamides is 1. The number of hydrogen-bond acceptors (Lipinski definition) is 3. The van der Waals surface area contributed by atoms with E-state index in [0.29, 0.717) is 0 Å². The fourth-order valence-corrected chi connectivity index (χ4v) is 4.33. The van der Waals surface area contributed by atoms with Gasteiger partial charge in [0.15, 0.2) is 0 Å². The summed E-state index contributed by atoms with van der Waals surface area (Å²) in [6.45, 7) is 6.91. The second-order valence-corrected chi connectivity index (χ2v) is 10.1. The lowest BCUT2D eigenvalue weighted by Gasteiger charge is -2.21. The Labute approximate surface area is 167 Å². The fraction of sp³-hybridized carbons (Fsp3) is 0.409. The van der Waals surface area contributed by atoms with E-state index in [2.05, 4.69) is 42.9 Å². The molecule has 2 N–H and O–H groups in total. The molecule has 1 saturated carbocycles. The lowest BCUT2D eigenvalue weighted by atomic mass is 9.85. The highest BCUT2D eigenvalue weighted by molar-refractivity contribution is 7.89. The van der Waals surface area contributed by atoms with Crippen LogP contribution >= 0.6 is 0 Å². The van der Waals surface area contributed by atoms with Crippen molar-refractivity contribution in [2.75, 3.05) is 13.1 Å². The van der Waals surface area contributed by atoms with Crippen LogP contribution in [0.4, 0.5) is 0 Å². The molecule has 0 atom stereocenters. The molecule has 0 spiro atoms. The Morgan fingerprint density at radius 1 is 0.964 bits per heavy atom. The van der Waals surface area contributed by atoms with Crippen molar-refractivity contribution >= 4 is 15.9 Å². The minimum Gasteiger partial charge on any atom is -0.354 e. The molecule has 0 bridgehead atoms. The monoisotopic (exact) mass is 400 g/mol. The van der Waals surface area contributed by atoms with Crippen LogP contribution in [0.1, 0.15) is 44.7 Å². The fourth-order valence-electron chi connectivity index (χ4n) is 3.27. The van der Waals surface area contributed by atoms with Gasteiger partial charge in [0.05, 0.1) is 10.3 Å². The molecule has 1 amide bonds. The van der Waals surface area contributed by atoms with Crippen LogP contribution in [0.3, 0.4) is 0 Å². The van der Waals surface area contributed by atoms with Crippen LogP contribution in [0, 0.1) is 0 Å². The van der Waals surface area contributed by atoms with Crippen molar-refractivity contribution in [3.05, 3.63) is 65.7 Å². The third-order valence-corrected chi connectivity index (χ3v) is 6.72. The second kappa shape index (κ2) is 7.68. The van der Waals surface area contributed by atoms with Crippen molar-refractivity contribution < 1.29 is 13.2 Å². The Morgan fingerprint density at radius 3 is 2.11 bits per heavy atom. The van der Waals surface area contributed by atoms with E-state index in [-0.39, 0.29) is 29.3 Å². The summed E-state index contributed by atoms with van der Waals surface area (Å²) in [5, 5.41) is 2.89. The van der Waals surface area contributed by atoms with Crippen LogP contribution in [-0.2, 0) is 25.6 Å². The molecule has 1 aliphatic rings. The first-order valence-corrected chi connectivity index (χ1v) is 11.1. The van der Waals surface area contributed by atoms with E-state index in [1.54, 1.807) is 30.3 Å². The van der Waals surface area contributed by atoms with E-state index < -0.39 is 15.4 Å². The maximum absolute atomic E-state index is 12.7. The topological polar surface area (TPSA) is 75.3 Å². The molecular weight excluding hydrogens is 372 g/mol.